The number of methoxy groups -OCH3 is 1. The molecule has 0 aromatic heterocycles. The second-order valence-electron chi connectivity index (χ2n) is 3.98. The molecule has 0 saturated carbocycles. The summed E-state index contributed by atoms with van der Waals surface area (Å²) >= 11 is 0. The van der Waals surface area contributed by atoms with Crippen molar-refractivity contribution >= 4 is 0 Å². The van der Waals surface area contributed by atoms with Crippen molar-refractivity contribution in [3.63, 3.8) is 0 Å². The molecule has 1 aromatic rings. The van der Waals surface area contributed by atoms with Gasteiger partial charge in [0.15, 0.2) is 0 Å². The third-order valence-electron chi connectivity index (χ3n) is 2.77. The molecule has 0 spiro atoms. The minimum atomic E-state index is 0.260. The summed E-state index contributed by atoms with van der Waals surface area (Å²) in [7, 11) is 1.66. The zero-order valence-corrected chi connectivity index (χ0v) is 9.65. The largest absolute Gasteiger partial charge is 0.497 e. The Balaban J connectivity index is 1.79. The second-order valence-corrected chi connectivity index (χ2v) is 3.98. The van der Waals surface area contributed by atoms with Gasteiger partial charge >= 0.3 is 0 Å². The highest BCUT2D eigenvalue weighted by Gasteiger charge is 2.14. The van der Waals surface area contributed by atoms with Gasteiger partial charge in [-0.1, -0.05) is 0 Å². The van der Waals surface area contributed by atoms with E-state index in [9.17, 15) is 0 Å². The van der Waals surface area contributed by atoms with Crippen LogP contribution in [0.1, 0.15) is 19.3 Å². The highest BCUT2D eigenvalue weighted by atomic mass is 16.5. The SMILES string of the molecule is COc1ccc(OCC2CCCCO2)cc1. The molecule has 1 saturated heterocycles. The van der Waals surface area contributed by atoms with Crippen molar-refractivity contribution in [1.29, 1.82) is 0 Å². The second kappa shape index (κ2) is 5.75. The highest BCUT2D eigenvalue weighted by molar-refractivity contribution is 5.31. The normalized spacial score (nSPS) is 20.4. The van der Waals surface area contributed by atoms with Crippen molar-refractivity contribution in [2.75, 3.05) is 20.3 Å². The number of rotatable bonds is 4. The van der Waals surface area contributed by atoms with E-state index >= 15 is 0 Å². The lowest BCUT2D eigenvalue weighted by atomic mass is 10.1. The van der Waals surface area contributed by atoms with Crippen LogP contribution >= 0.6 is 0 Å². The molecule has 0 amide bonds. The number of benzene rings is 1. The summed E-state index contributed by atoms with van der Waals surface area (Å²) in [4.78, 5) is 0. The molecular weight excluding hydrogens is 204 g/mol. The molecular formula is C13H18O3. The van der Waals surface area contributed by atoms with Crippen molar-refractivity contribution in [2.24, 2.45) is 0 Å². The Morgan fingerprint density at radius 1 is 1.19 bits per heavy atom. The minimum Gasteiger partial charge on any atom is -0.497 e. The Labute approximate surface area is 96.3 Å². The maximum atomic E-state index is 5.66. The van der Waals surface area contributed by atoms with Gasteiger partial charge in [-0.3, -0.25) is 0 Å². The molecule has 3 nitrogen and oxygen atoms in total. The fourth-order valence-electron chi connectivity index (χ4n) is 1.80. The average molecular weight is 222 g/mol. The third kappa shape index (κ3) is 3.14. The average Bonchev–Trinajstić information content (AvgIpc) is 2.38. The molecule has 88 valence electrons. The molecule has 0 N–H and O–H groups in total. The van der Waals surface area contributed by atoms with E-state index in [1.54, 1.807) is 7.11 Å². The lowest BCUT2D eigenvalue weighted by molar-refractivity contribution is -0.0110. The Morgan fingerprint density at radius 3 is 2.56 bits per heavy atom. The fourth-order valence-corrected chi connectivity index (χ4v) is 1.80. The van der Waals surface area contributed by atoms with Crippen LogP contribution in [-0.4, -0.2) is 26.4 Å². The molecule has 1 aromatic carbocycles. The Morgan fingerprint density at radius 2 is 1.94 bits per heavy atom. The van der Waals surface area contributed by atoms with Gasteiger partial charge in [-0.25, -0.2) is 0 Å². The van der Waals surface area contributed by atoms with Crippen LogP contribution in [-0.2, 0) is 4.74 Å². The monoisotopic (exact) mass is 222 g/mol. The zero-order chi connectivity index (χ0) is 11.2. The van der Waals surface area contributed by atoms with Crippen LogP contribution in [0.5, 0.6) is 11.5 Å². The van der Waals surface area contributed by atoms with Gasteiger partial charge in [0.05, 0.1) is 13.2 Å². The van der Waals surface area contributed by atoms with Crippen molar-refractivity contribution in [3.8, 4) is 11.5 Å². The van der Waals surface area contributed by atoms with Crippen LogP contribution in [0, 0.1) is 0 Å². The van der Waals surface area contributed by atoms with E-state index in [0.717, 1.165) is 24.5 Å². The number of hydrogen-bond donors (Lipinski definition) is 0. The van der Waals surface area contributed by atoms with Gasteiger partial charge in [0.25, 0.3) is 0 Å². The zero-order valence-electron chi connectivity index (χ0n) is 9.65. The summed E-state index contributed by atoms with van der Waals surface area (Å²) in [6, 6.07) is 7.64. The van der Waals surface area contributed by atoms with Crippen molar-refractivity contribution in [1.82, 2.24) is 0 Å². The van der Waals surface area contributed by atoms with Crippen LogP contribution in [0.4, 0.5) is 0 Å². The van der Waals surface area contributed by atoms with E-state index in [4.69, 9.17) is 14.2 Å². The summed E-state index contributed by atoms with van der Waals surface area (Å²) in [6.07, 6.45) is 3.79. The molecule has 1 heterocycles. The summed E-state index contributed by atoms with van der Waals surface area (Å²) in [5, 5.41) is 0. The molecule has 1 aliphatic rings. The maximum Gasteiger partial charge on any atom is 0.119 e. The molecule has 0 radical (unpaired) electrons. The van der Waals surface area contributed by atoms with Gasteiger partial charge in [-0.15, -0.1) is 0 Å². The van der Waals surface area contributed by atoms with E-state index in [0.29, 0.717) is 6.61 Å². The predicted molar refractivity (Wildman–Crippen MR) is 62.1 cm³/mol. The van der Waals surface area contributed by atoms with E-state index in [1.165, 1.54) is 12.8 Å². The lowest BCUT2D eigenvalue weighted by Gasteiger charge is -2.22. The van der Waals surface area contributed by atoms with Gasteiger partial charge in [0.2, 0.25) is 0 Å². The Hall–Kier alpha value is -1.22. The molecule has 0 aliphatic carbocycles. The lowest BCUT2D eigenvalue weighted by Crippen LogP contribution is -2.25. The summed E-state index contributed by atoms with van der Waals surface area (Å²) in [5.74, 6) is 1.72. The third-order valence-corrected chi connectivity index (χ3v) is 2.77. The minimum absolute atomic E-state index is 0.260. The highest BCUT2D eigenvalue weighted by Crippen LogP contribution is 2.19. The predicted octanol–water partition coefficient (Wildman–Crippen LogP) is 2.64. The summed E-state index contributed by atoms with van der Waals surface area (Å²) < 4.78 is 16.3. The van der Waals surface area contributed by atoms with Crippen molar-refractivity contribution in [3.05, 3.63) is 24.3 Å². The van der Waals surface area contributed by atoms with Crippen LogP contribution < -0.4 is 9.47 Å². The summed E-state index contributed by atoms with van der Waals surface area (Å²) in [5.41, 5.74) is 0. The quantitative estimate of drug-likeness (QED) is 0.783. The first-order chi connectivity index (χ1) is 7.88. The van der Waals surface area contributed by atoms with Gasteiger partial charge in [0.1, 0.15) is 18.1 Å². The van der Waals surface area contributed by atoms with E-state index in [-0.39, 0.29) is 6.10 Å². The topological polar surface area (TPSA) is 27.7 Å². The van der Waals surface area contributed by atoms with E-state index < -0.39 is 0 Å². The fraction of sp³-hybridized carbons (Fsp3) is 0.538. The Bertz CT molecular complexity index is 301. The number of hydrogen-bond acceptors (Lipinski definition) is 3. The molecule has 1 unspecified atom stereocenters. The molecule has 2 rings (SSSR count). The first-order valence-electron chi connectivity index (χ1n) is 5.77. The van der Waals surface area contributed by atoms with Crippen LogP contribution in [0.25, 0.3) is 0 Å². The molecule has 3 heteroatoms. The van der Waals surface area contributed by atoms with Crippen LogP contribution in [0.2, 0.25) is 0 Å². The first-order valence-corrected chi connectivity index (χ1v) is 5.77. The standard InChI is InChI=1S/C13H18O3/c1-14-11-5-7-12(8-6-11)16-10-13-4-2-3-9-15-13/h5-8,13H,2-4,9-10H2,1H3. The Kier molecular flexibility index (Phi) is 4.05. The van der Waals surface area contributed by atoms with Crippen LogP contribution in [0.3, 0.4) is 0 Å². The maximum absolute atomic E-state index is 5.66. The van der Waals surface area contributed by atoms with Gasteiger partial charge in [0, 0.05) is 6.61 Å². The van der Waals surface area contributed by atoms with Crippen molar-refractivity contribution in [2.45, 2.75) is 25.4 Å². The summed E-state index contributed by atoms with van der Waals surface area (Å²) in [6.45, 7) is 1.52. The van der Waals surface area contributed by atoms with Crippen molar-refractivity contribution < 1.29 is 14.2 Å². The van der Waals surface area contributed by atoms with Gasteiger partial charge in [-0.2, -0.15) is 0 Å². The first kappa shape index (κ1) is 11.3. The van der Waals surface area contributed by atoms with Crippen LogP contribution in [0.15, 0.2) is 24.3 Å². The molecule has 16 heavy (non-hydrogen) atoms. The molecule has 1 aliphatic heterocycles. The van der Waals surface area contributed by atoms with Gasteiger partial charge in [-0.05, 0) is 43.5 Å². The molecule has 1 atom stereocenters. The van der Waals surface area contributed by atoms with E-state index in [1.807, 2.05) is 24.3 Å². The molecule has 0 bridgehead atoms. The molecule has 1 fully saturated rings. The van der Waals surface area contributed by atoms with Gasteiger partial charge < -0.3 is 14.2 Å². The smallest absolute Gasteiger partial charge is 0.119 e. The van der Waals surface area contributed by atoms with E-state index in [2.05, 4.69) is 0 Å². The number of ether oxygens (including phenoxy) is 3.